The maximum Gasteiger partial charge on any atom is 0.290 e. The third-order valence-corrected chi connectivity index (χ3v) is 5.33. The maximum atomic E-state index is 13.4. The van der Waals surface area contributed by atoms with E-state index in [-0.39, 0.29) is 17.1 Å². The summed E-state index contributed by atoms with van der Waals surface area (Å²) in [7, 11) is 0. The van der Waals surface area contributed by atoms with Crippen molar-refractivity contribution in [2.75, 3.05) is 6.54 Å². The quantitative estimate of drug-likeness (QED) is 0.699. The molecule has 1 amide bonds. The summed E-state index contributed by atoms with van der Waals surface area (Å²) in [5.74, 6) is -0.0507. The van der Waals surface area contributed by atoms with Gasteiger partial charge in [0.2, 0.25) is 5.76 Å². The smallest absolute Gasteiger partial charge is 0.290 e. The second-order valence-corrected chi connectivity index (χ2v) is 7.15. The molecule has 0 fully saturated rings. The molecule has 138 valence electrons. The van der Waals surface area contributed by atoms with Crippen molar-refractivity contribution in [1.82, 2.24) is 9.88 Å². The zero-order valence-electron chi connectivity index (χ0n) is 15.8. The summed E-state index contributed by atoms with van der Waals surface area (Å²) in [4.78, 5) is 32.4. The third-order valence-electron chi connectivity index (χ3n) is 5.33. The van der Waals surface area contributed by atoms with Gasteiger partial charge < -0.3 is 9.32 Å². The summed E-state index contributed by atoms with van der Waals surface area (Å²) < 4.78 is 5.98. The number of benzene rings is 1. The van der Waals surface area contributed by atoms with Gasteiger partial charge >= 0.3 is 0 Å². The van der Waals surface area contributed by atoms with Crippen molar-refractivity contribution >= 4 is 16.9 Å². The molecule has 1 aliphatic rings. The van der Waals surface area contributed by atoms with Crippen LogP contribution in [0.1, 0.15) is 58.6 Å². The number of amides is 1. The highest BCUT2D eigenvalue weighted by molar-refractivity contribution is 5.99. The van der Waals surface area contributed by atoms with Gasteiger partial charge in [-0.3, -0.25) is 14.6 Å². The maximum absolute atomic E-state index is 13.4. The van der Waals surface area contributed by atoms with Crippen LogP contribution in [0.3, 0.4) is 0 Å². The molecule has 4 rings (SSSR count). The average molecular weight is 362 g/mol. The number of nitrogens with zero attached hydrogens (tertiary/aromatic N) is 2. The summed E-state index contributed by atoms with van der Waals surface area (Å²) in [5, 5.41) is 0.524. The molecule has 3 heterocycles. The third kappa shape index (κ3) is 2.74. The predicted octanol–water partition coefficient (Wildman–Crippen LogP) is 4.15. The van der Waals surface area contributed by atoms with Crippen LogP contribution in [0.4, 0.5) is 0 Å². The van der Waals surface area contributed by atoms with Crippen LogP contribution in [0.2, 0.25) is 0 Å². The Morgan fingerprint density at radius 3 is 2.67 bits per heavy atom. The molecule has 1 atom stereocenters. The van der Waals surface area contributed by atoms with Crippen molar-refractivity contribution in [2.24, 2.45) is 0 Å². The number of unbranched alkanes of at least 4 members (excludes halogenated alkanes) is 1. The first kappa shape index (κ1) is 17.5. The summed E-state index contributed by atoms with van der Waals surface area (Å²) >= 11 is 0. The molecule has 0 aliphatic carbocycles. The Kier molecular flexibility index (Phi) is 4.30. The van der Waals surface area contributed by atoms with Crippen LogP contribution in [0.15, 0.2) is 45.9 Å². The number of hydrogen-bond donors (Lipinski definition) is 0. The van der Waals surface area contributed by atoms with Gasteiger partial charge in [0.25, 0.3) is 5.91 Å². The lowest BCUT2D eigenvalue weighted by molar-refractivity contribution is 0.0725. The SMILES string of the molecule is CCCCN1C(=O)c2oc3cc(C)c(C)cc3c(=O)c2C1c1cccnc1. The Morgan fingerprint density at radius 1 is 1.19 bits per heavy atom. The first-order valence-electron chi connectivity index (χ1n) is 9.31. The molecule has 0 N–H and O–H groups in total. The van der Waals surface area contributed by atoms with Gasteiger partial charge in [-0.1, -0.05) is 19.4 Å². The van der Waals surface area contributed by atoms with Gasteiger partial charge in [0, 0.05) is 18.9 Å². The molecule has 1 aromatic carbocycles. The van der Waals surface area contributed by atoms with Gasteiger partial charge in [0.05, 0.1) is 17.0 Å². The fourth-order valence-corrected chi connectivity index (χ4v) is 3.72. The minimum atomic E-state index is -0.449. The van der Waals surface area contributed by atoms with E-state index in [4.69, 9.17) is 4.42 Å². The Balaban J connectivity index is 1.99. The van der Waals surface area contributed by atoms with Crippen molar-refractivity contribution in [1.29, 1.82) is 0 Å². The Bertz CT molecular complexity index is 1090. The molecule has 1 unspecified atom stereocenters. The molecule has 0 saturated heterocycles. The van der Waals surface area contributed by atoms with E-state index >= 15 is 0 Å². The van der Waals surface area contributed by atoms with E-state index < -0.39 is 6.04 Å². The minimum absolute atomic E-state index is 0.129. The number of carbonyl (C=O) groups is 1. The number of aromatic nitrogens is 1. The second-order valence-electron chi connectivity index (χ2n) is 7.15. The Hall–Kier alpha value is -2.95. The van der Waals surface area contributed by atoms with Crippen LogP contribution in [-0.2, 0) is 0 Å². The van der Waals surface area contributed by atoms with E-state index in [9.17, 15) is 9.59 Å². The summed E-state index contributed by atoms with van der Waals surface area (Å²) in [6.07, 6.45) is 5.23. The topological polar surface area (TPSA) is 63.4 Å². The van der Waals surface area contributed by atoms with E-state index in [0.717, 1.165) is 29.5 Å². The molecule has 5 nitrogen and oxygen atoms in total. The molecule has 0 bridgehead atoms. The van der Waals surface area contributed by atoms with Crippen LogP contribution >= 0.6 is 0 Å². The van der Waals surface area contributed by atoms with Crippen LogP contribution < -0.4 is 5.43 Å². The molecular weight excluding hydrogens is 340 g/mol. The molecule has 0 saturated carbocycles. The molecular formula is C22H22N2O3. The van der Waals surface area contributed by atoms with E-state index in [0.29, 0.717) is 23.1 Å². The number of rotatable bonds is 4. The molecule has 27 heavy (non-hydrogen) atoms. The number of aryl methyl sites for hydroxylation is 2. The zero-order chi connectivity index (χ0) is 19.1. The van der Waals surface area contributed by atoms with Gasteiger partial charge in [-0.15, -0.1) is 0 Å². The number of hydrogen-bond acceptors (Lipinski definition) is 4. The summed E-state index contributed by atoms with van der Waals surface area (Å²) in [6.45, 7) is 6.59. The highest BCUT2D eigenvalue weighted by Crippen LogP contribution is 2.38. The summed E-state index contributed by atoms with van der Waals surface area (Å²) in [5.41, 5.74) is 3.66. The highest BCUT2D eigenvalue weighted by atomic mass is 16.3. The van der Waals surface area contributed by atoms with Crippen molar-refractivity contribution in [2.45, 2.75) is 39.7 Å². The molecule has 3 aromatic rings. The second kappa shape index (κ2) is 6.65. The highest BCUT2D eigenvalue weighted by Gasteiger charge is 2.42. The number of fused-ring (bicyclic) bond motifs is 2. The molecule has 5 heteroatoms. The molecule has 0 radical (unpaired) electrons. The van der Waals surface area contributed by atoms with Crippen molar-refractivity contribution in [3.05, 3.63) is 74.9 Å². The van der Waals surface area contributed by atoms with Crippen LogP contribution in [-0.4, -0.2) is 22.3 Å². The Labute approximate surface area is 157 Å². The van der Waals surface area contributed by atoms with Gasteiger partial charge in [-0.05, 0) is 55.2 Å². The lowest BCUT2D eigenvalue weighted by Crippen LogP contribution is -2.30. The van der Waals surface area contributed by atoms with Gasteiger partial charge in [0.1, 0.15) is 5.58 Å². The van der Waals surface area contributed by atoms with E-state index in [1.165, 1.54) is 0 Å². The van der Waals surface area contributed by atoms with Crippen molar-refractivity contribution in [3.63, 3.8) is 0 Å². The number of carbonyl (C=O) groups excluding carboxylic acids is 1. The molecule has 0 spiro atoms. The van der Waals surface area contributed by atoms with Crippen LogP contribution in [0.5, 0.6) is 0 Å². The lowest BCUT2D eigenvalue weighted by atomic mass is 9.98. The largest absolute Gasteiger partial charge is 0.450 e. The first-order valence-corrected chi connectivity index (χ1v) is 9.31. The normalized spacial score (nSPS) is 16.2. The van der Waals surface area contributed by atoms with E-state index in [2.05, 4.69) is 11.9 Å². The standard InChI is InChI=1S/C22H22N2O3/c1-4-5-9-24-19(15-7-6-8-23-12-15)18-20(25)16-10-13(2)14(3)11-17(16)27-21(18)22(24)26/h6-8,10-12,19H,4-5,9H2,1-3H3. The van der Waals surface area contributed by atoms with Crippen molar-refractivity contribution in [3.8, 4) is 0 Å². The monoisotopic (exact) mass is 362 g/mol. The van der Waals surface area contributed by atoms with Crippen LogP contribution in [0, 0.1) is 13.8 Å². The molecule has 1 aliphatic heterocycles. The summed E-state index contributed by atoms with van der Waals surface area (Å²) in [6, 6.07) is 6.98. The predicted molar refractivity (Wildman–Crippen MR) is 104 cm³/mol. The van der Waals surface area contributed by atoms with E-state index in [1.54, 1.807) is 17.3 Å². The Morgan fingerprint density at radius 2 is 1.96 bits per heavy atom. The fourth-order valence-electron chi connectivity index (χ4n) is 3.72. The zero-order valence-corrected chi connectivity index (χ0v) is 15.8. The lowest BCUT2D eigenvalue weighted by Gasteiger charge is -2.24. The molecule has 2 aromatic heterocycles. The van der Waals surface area contributed by atoms with Crippen LogP contribution in [0.25, 0.3) is 11.0 Å². The van der Waals surface area contributed by atoms with Crippen molar-refractivity contribution < 1.29 is 9.21 Å². The van der Waals surface area contributed by atoms with Gasteiger partial charge in [-0.2, -0.15) is 0 Å². The fraction of sp³-hybridized carbons (Fsp3) is 0.318. The van der Waals surface area contributed by atoms with E-state index in [1.807, 2.05) is 38.1 Å². The van der Waals surface area contributed by atoms with Gasteiger partial charge in [0.15, 0.2) is 5.43 Å². The average Bonchev–Trinajstić information content (AvgIpc) is 2.95. The van der Waals surface area contributed by atoms with Gasteiger partial charge in [-0.25, -0.2) is 0 Å². The number of pyridine rings is 1. The minimum Gasteiger partial charge on any atom is -0.450 e. The first-order chi connectivity index (χ1) is 13.0.